The number of nitrogens with one attached hydrogen (secondary N) is 1. The van der Waals surface area contributed by atoms with Crippen molar-refractivity contribution in [3.8, 4) is 0 Å². The van der Waals surface area contributed by atoms with Crippen molar-refractivity contribution < 1.29 is 31.6 Å². The lowest BCUT2D eigenvalue weighted by Gasteiger charge is -2.22. The normalized spacial score (nSPS) is 17.2. The Morgan fingerprint density at radius 1 is 1.18 bits per heavy atom. The minimum Gasteiger partial charge on any atom is -0.289 e. The summed E-state index contributed by atoms with van der Waals surface area (Å²) in [6.07, 6.45) is -2.16. The Bertz CT molecular complexity index is 1320. The van der Waals surface area contributed by atoms with Gasteiger partial charge < -0.3 is 0 Å². The lowest BCUT2D eigenvalue weighted by atomic mass is 10.1. The average Bonchev–Trinajstić information content (AvgIpc) is 3.32. The SMILES string of the molecule is O=C(NO)C1CCCN1S(=O)(=O)c1ccc(CSc2ccnc3cc(C(F)(F)F)ccc23)cc1. The second-order valence-electron chi connectivity index (χ2n) is 7.72. The maximum Gasteiger partial charge on any atom is 0.416 e. The molecule has 1 atom stereocenters. The number of benzene rings is 2. The molecule has 0 aliphatic carbocycles. The second-order valence-corrected chi connectivity index (χ2v) is 10.6. The smallest absolute Gasteiger partial charge is 0.289 e. The van der Waals surface area contributed by atoms with Crippen molar-refractivity contribution in [2.45, 2.75) is 40.6 Å². The number of halogens is 3. The Balaban J connectivity index is 1.49. The van der Waals surface area contributed by atoms with Crippen molar-refractivity contribution in [1.29, 1.82) is 0 Å². The molecule has 2 aromatic carbocycles. The molecule has 1 aromatic heterocycles. The van der Waals surface area contributed by atoms with E-state index in [1.54, 1.807) is 18.2 Å². The van der Waals surface area contributed by atoms with Crippen LogP contribution in [-0.4, -0.2) is 41.4 Å². The molecule has 1 fully saturated rings. The maximum absolute atomic E-state index is 13.0. The van der Waals surface area contributed by atoms with Crippen LogP contribution in [0.4, 0.5) is 13.2 Å². The highest BCUT2D eigenvalue weighted by Gasteiger charge is 2.39. The van der Waals surface area contributed by atoms with Gasteiger partial charge in [-0.3, -0.25) is 15.0 Å². The van der Waals surface area contributed by atoms with Gasteiger partial charge in [-0.2, -0.15) is 17.5 Å². The highest BCUT2D eigenvalue weighted by molar-refractivity contribution is 7.98. The van der Waals surface area contributed by atoms with Crippen LogP contribution in [-0.2, 0) is 26.7 Å². The third-order valence-corrected chi connectivity index (χ3v) is 8.64. The van der Waals surface area contributed by atoms with E-state index < -0.39 is 33.7 Å². The number of carbonyl (C=O) groups is 1. The summed E-state index contributed by atoms with van der Waals surface area (Å²) in [7, 11) is -3.92. The number of pyridine rings is 1. The molecule has 7 nitrogen and oxygen atoms in total. The molecule has 2 heterocycles. The van der Waals surface area contributed by atoms with Crippen molar-refractivity contribution >= 4 is 38.6 Å². The Labute approximate surface area is 198 Å². The van der Waals surface area contributed by atoms with E-state index in [1.165, 1.54) is 41.6 Å². The van der Waals surface area contributed by atoms with E-state index >= 15 is 0 Å². The molecule has 1 amide bonds. The molecule has 1 aliphatic rings. The zero-order valence-electron chi connectivity index (χ0n) is 17.6. The van der Waals surface area contributed by atoms with Gasteiger partial charge in [0.05, 0.1) is 16.0 Å². The van der Waals surface area contributed by atoms with E-state index in [9.17, 15) is 26.4 Å². The standard InChI is InChI=1S/C22H20F3N3O4S2/c23-22(24,25)15-5-8-17-18(12-15)26-10-9-20(17)33-13-14-3-6-16(7-4-14)34(31,32)28-11-1-2-19(28)21(29)27-30/h3-10,12,19,30H,1-2,11,13H2,(H,27,29). The second kappa shape index (κ2) is 9.53. The topological polar surface area (TPSA) is 99.6 Å². The van der Waals surface area contributed by atoms with Gasteiger partial charge in [0, 0.05) is 28.8 Å². The van der Waals surface area contributed by atoms with E-state index in [-0.39, 0.29) is 17.0 Å². The predicted molar refractivity (Wildman–Crippen MR) is 120 cm³/mol. The molecule has 0 bridgehead atoms. The minimum absolute atomic E-state index is 0.0351. The first kappa shape index (κ1) is 24.5. The summed E-state index contributed by atoms with van der Waals surface area (Å²) >= 11 is 1.40. The van der Waals surface area contributed by atoms with Crippen LogP contribution < -0.4 is 5.48 Å². The Kier molecular flexibility index (Phi) is 6.85. The summed E-state index contributed by atoms with van der Waals surface area (Å²) in [6, 6.07) is 10.4. The molecule has 0 radical (unpaired) electrons. The molecule has 1 unspecified atom stereocenters. The summed E-state index contributed by atoms with van der Waals surface area (Å²) in [5, 5.41) is 9.48. The largest absolute Gasteiger partial charge is 0.416 e. The molecule has 180 valence electrons. The fourth-order valence-corrected chi connectivity index (χ4v) is 6.50. The summed E-state index contributed by atoms with van der Waals surface area (Å²) < 4.78 is 65.9. The quantitative estimate of drug-likeness (QED) is 0.292. The first-order chi connectivity index (χ1) is 16.1. The monoisotopic (exact) mass is 511 g/mol. The minimum atomic E-state index is -4.45. The van der Waals surface area contributed by atoms with Crippen molar-refractivity contribution in [2.75, 3.05) is 6.54 Å². The molecule has 3 aromatic rings. The van der Waals surface area contributed by atoms with Gasteiger partial charge in [-0.15, -0.1) is 11.8 Å². The molecule has 2 N–H and O–H groups in total. The van der Waals surface area contributed by atoms with Crippen LogP contribution in [0.3, 0.4) is 0 Å². The van der Waals surface area contributed by atoms with Crippen LogP contribution >= 0.6 is 11.8 Å². The molecular formula is C22H20F3N3O4S2. The number of hydrogen-bond acceptors (Lipinski definition) is 6. The van der Waals surface area contributed by atoms with Crippen molar-refractivity contribution in [3.63, 3.8) is 0 Å². The molecular weight excluding hydrogens is 491 g/mol. The van der Waals surface area contributed by atoms with Crippen molar-refractivity contribution in [3.05, 3.63) is 65.9 Å². The number of thioether (sulfide) groups is 1. The Morgan fingerprint density at radius 2 is 1.91 bits per heavy atom. The number of sulfonamides is 1. The highest BCUT2D eigenvalue weighted by atomic mass is 32.2. The fraction of sp³-hybridized carbons (Fsp3) is 0.273. The molecule has 1 aliphatic heterocycles. The van der Waals surface area contributed by atoms with E-state index in [1.807, 2.05) is 0 Å². The van der Waals surface area contributed by atoms with Gasteiger partial charge in [-0.1, -0.05) is 18.2 Å². The zero-order chi connectivity index (χ0) is 24.5. The molecule has 1 saturated heterocycles. The van der Waals surface area contributed by atoms with Crippen molar-refractivity contribution in [2.24, 2.45) is 0 Å². The molecule has 34 heavy (non-hydrogen) atoms. The maximum atomic E-state index is 13.0. The molecule has 4 rings (SSSR count). The van der Waals surface area contributed by atoms with Gasteiger partial charge in [0.15, 0.2) is 0 Å². The molecule has 12 heteroatoms. The third-order valence-electron chi connectivity index (χ3n) is 5.57. The fourth-order valence-electron chi connectivity index (χ4n) is 3.84. The average molecular weight is 512 g/mol. The number of fused-ring (bicyclic) bond motifs is 1. The van der Waals surface area contributed by atoms with Gasteiger partial charge in [0.1, 0.15) is 6.04 Å². The first-order valence-corrected chi connectivity index (χ1v) is 12.7. The van der Waals surface area contributed by atoms with Gasteiger partial charge in [-0.05, 0) is 48.7 Å². The van der Waals surface area contributed by atoms with Crippen LogP contribution in [0.1, 0.15) is 24.0 Å². The van der Waals surface area contributed by atoms with E-state index in [0.29, 0.717) is 24.0 Å². The first-order valence-electron chi connectivity index (χ1n) is 10.2. The number of nitrogens with zero attached hydrogens (tertiary/aromatic N) is 2. The Morgan fingerprint density at radius 3 is 2.59 bits per heavy atom. The number of amides is 1. The molecule has 0 saturated carbocycles. The van der Waals surface area contributed by atoms with Crippen LogP contribution in [0, 0.1) is 0 Å². The Hall–Kier alpha value is -2.67. The van der Waals surface area contributed by atoms with Crippen molar-refractivity contribution in [1.82, 2.24) is 14.8 Å². The van der Waals surface area contributed by atoms with Crippen LogP contribution in [0.15, 0.2) is 64.5 Å². The predicted octanol–water partition coefficient (Wildman–Crippen LogP) is 4.20. The lowest BCUT2D eigenvalue weighted by Crippen LogP contribution is -2.44. The van der Waals surface area contributed by atoms with E-state index in [4.69, 9.17) is 5.21 Å². The highest BCUT2D eigenvalue weighted by Crippen LogP contribution is 2.35. The summed E-state index contributed by atoms with van der Waals surface area (Å²) in [4.78, 5) is 16.6. The van der Waals surface area contributed by atoms with Gasteiger partial charge >= 0.3 is 6.18 Å². The van der Waals surface area contributed by atoms with Gasteiger partial charge in [0.2, 0.25) is 10.0 Å². The number of hydrogen-bond donors (Lipinski definition) is 2. The van der Waals surface area contributed by atoms with Gasteiger partial charge in [-0.25, -0.2) is 13.9 Å². The summed E-state index contributed by atoms with van der Waals surface area (Å²) in [5.41, 5.74) is 1.81. The summed E-state index contributed by atoms with van der Waals surface area (Å²) in [6.45, 7) is 0.184. The lowest BCUT2D eigenvalue weighted by molar-refractivity contribution is -0.137. The van der Waals surface area contributed by atoms with Crippen LogP contribution in [0.25, 0.3) is 10.9 Å². The number of aromatic nitrogens is 1. The summed E-state index contributed by atoms with van der Waals surface area (Å²) in [5.74, 6) is -0.305. The van der Waals surface area contributed by atoms with E-state index in [2.05, 4.69) is 4.98 Å². The number of rotatable bonds is 6. The zero-order valence-corrected chi connectivity index (χ0v) is 19.3. The van der Waals surface area contributed by atoms with Crippen LogP contribution in [0.2, 0.25) is 0 Å². The number of hydroxylamine groups is 1. The molecule has 0 spiro atoms. The number of carbonyl (C=O) groups excluding carboxylic acids is 1. The van der Waals surface area contributed by atoms with E-state index in [0.717, 1.165) is 26.9 Å². The number of alkyl halides is 3. The third kappa shape index (κ3) is 4.90. The van der Waals surface area contributed by atoms with Gasteiger partial charge in [0.25, 0.3) is 5.91 Å². The van der Waals surface area contributed by atoms with Crippen LogP contribution in [0.5, 0.6) is 0 Å².